The number of benzene rings is 1. The van der Waals surface area contributed by atoms with Crippen LogP contribution in [0.4, 0.5) is 5.69 Å². The molecular weight excluding hydrogens is 324 g/mol. The van der Waals surface area contributed by atoms with Crippen LogP contribution in [0.15, 0.2) is 28.7 Å². The SMILES string of the molecule is CCN(CC(=O)Nc1ccccc1Br)CC(C)C(=O)O. The fourth-order valence-corrected chi connectivity index (χ4v) is 2.11. The van der Waals surface area contributed by atoms with E-state index in [1.165, 1.54) is 0 Å². The second-order valence-corrected chi connectivity index (χ2v) is 5.45. The van der Waals surface area contributed by atoms with E-state index in [0.29, 0.717) is 18.8 Å². The molecule has 0 aliphatic rings. The molecule has 1 amide bonds. The Labute approximate surface area is 127 Å². The van der Waals surface area contributed by atoms with Gasteiger partial charge in [0, 0.05) is 11.0 Å². The van der Waals surface area contributed by atoms with Gasteiger partial charge in [0.1, 0.15) is 0 Å². The maximum atomic E-state index is 12.0. The quantitative estimate of drug-likeness (QED) is 0.798. The third-order valence-corrected chi connectivity index (χ3v) is 3.61. The molecule has 0 saturated carbocycles. The van der Waals surface area contributed by atoms with E-state index in [9.17, 15) is 9.59 Å². The van der Waals surface area contributed by atoms with Crippen LogP contribution in [0.2, 0.25) is 0 Å². The van der Waals surface area contributed by atoms with Gasteiger partial charge in [0.25, 0.3) is 0 Å². The number of likely N-dealkylation sites (N-methyl/N-ethyl adjacent to an activating group) is 1. The molecule has 5 nitrogen and oxygen atoms in total. The Hall–Kier alpha value is -1.40. The number of carbonyl (C=O) groups excluding carboxylic acids is 1. The number of para-hydroxylation sites is 1. The van der Waals surface area contributed by atoms with Crippen LogP contribution in [0, 0.1) is 5.92 Å². The first-order chi connectivity index (χ1) is 9.43. The minimum absolute atomic E-state index is 0.156. The molecule has 6 heteroatoms. The van der Waals surface area contributed by atoms with E-state index < -0.39 is 11.9 Å². The number of amides is 1. The van der Waals surface area contributed by atoms with E-state index in [-0.39, 0.29) is 12.5 Å². The van der Waals surface area contributed by atoms with Gasteiger partial charge in [-0.15, -0.1) is 0 Å². The highest BCUT2D eigenvalue weighted by Gasteiger charge is 2.17. The molecule has 0 aliphatic heterocycles. The van der Waals surface area contributed by atoms with Gasteiger partial charge in [0.2, 0.25) is 5.91 Å². The zero-order valence-electron chi connectivity index (χ0n) is 11.6. The first-order valence-corrected chi connectivity index (χ1v) is 7.22. The minimum atomic E-state index is -0.852. The molecule has 0 saturated heterocycles. The predicted molar refractivity (Wildman–Crippen MR) is 81.7 cm³/mol. The highest BCUT2D eigenvalue weighted by molar-refractivity contribution is 9.10. The zero-order chi connectivity index (χ0) is 15.1. The number of aliphatic carboxylic acids is 1. The number of nitrogens with zero attached hydrogens (tertiary/aromatic N) is 1. The molecule has 110 valence electrons. The highest BCUT2D eigenvalue weighted by atomic mass is 79.9. The van der Waals surface area contributed by atoms with Crippen molar-refractivity contribution < 1.29 is 14.7 Å². The number of halogens is 1. The fraction of sp³-hybridized carbons (Fsp3) is 0.429. The lowest BCUT2D eigenvalue weighted by molar-refractivity contribution is -0.142. The van der Waals surface area contributed by atoms with E-state index >= 15 is 0 Å². The van der Waals surface area contributed by atoms with Gasteiger partial charge >= 0.3 is 5.97 Å². The Bertz CT molecular complexity index is 479. The van der Waals surface area contributed by atoms with E-state index in [1.54, 1.807) is 13.0 Å². The topological polar surface area (TPSA) is 69.6 Å². The number of nitrogens with one attached hydrogen (secondary N) is 1. The van der Waals surface area contributed by atoms with Gasteiger partial charge in [-0.25, -0.2) is 0 Å². The standard InChI is InChI=1S/C14H19BrN2O3/c1-3-17(8-10(2)14(19)20)9-13(18)16-12-7-5-4-6-11(12)15/h4-7,10H,3,8-9H2,1-2H3,(H,16,18)(H,19,20). The zero-order valence-corrected chi connectivity index (χ0v) is 13.2. The Morgan fingerprint density at radius 1 is 1.40 bits per heavy atom. The Balaban J connectivity index is 2.55. The lowest BCUT2D eigenvalue weighted by Gasteiger charge is -2.21. The summed E-state index contributed by atoms with van der Waals surface area (Å²) in [6.45, 7) is 4.70. The van der Waals surface area contributed by atoms with E-state index in [4.69, 9.17) is 5.11 Å². The lowest BCUT2D eigenvalue weighted by atomic mass is 10.1. The van der Waals surface area contributed by atoms with Crippen LogP contribution in [-0.2, 0) is 9.59 Å². The number of carboxylic acids is 1. The molecule has 0 spiro atoms. The summed E-state index contributed by atoms with van der Waals surface area (Å²) in [6, 6.07) is 7.36. The van der Waals surface area contributed by atoms with Gasteiger partial charge in [-0.05, 0) is 34.6 Å². The second kappa shape index (κ2) is 8.01. The van der Waals surface area contributed by atoms with Crippen LogP contribution in [0.25, 0.3) is 0 Å². The molecule has 0 bridgehead atoms. The van der Waals surface area contributed by atoms with Crippen LogP contribution in [0.5, 0.6) is 0 Å². The van der Waals surface area contributed by atoms with Crippen LogP contribution in [0.1, 0.15) is 13.8 Å². The van der Waals surface area contributed by atoms with Crippen LogP contribution >= 0.6 is 15.9 Å². The maximum absolute atomic E-state index is 12.0. The summed E-state index contributed by atoms with van der Waals surface area (Å²) in [4.78, 5) is 24.6. The van der Waals surface area contributed by atoms with Gasteiger partial charge in [-0.3, -0.25) is 14.5 Å². The van der Waals surface area contributed by atoms with Crippen molar-refractivity contribution >= 4 is 33.5 Å². The molecule has 1 rings (SSSR count). The molecule has 1 aromatic carbocycles. The Morgan fingerprint density at radius 3 is 2.60 bits per heavy atom. The summed E-state index contributed by atoms with van der Waals surface area (Å²) in [7, 11) is 0. The third kappa shape index (κ3) is 5.30. The summed E-state index contributed by atoms with van der Waals surface area (Å²) < 4.78 is 0.815. The average Bonchev–Trinajstić information content (AvgIpc) is 2.40. The molecule has 0 heterocycles. The minimum Gasteiger partial charge on any atom is -0.481 e. The van der Waals surface area contributed by atoms with E-state index in [0.717, 1.165) is 4.47 Å². The smallest absolute Gasteiger partial charge is 0.307 e. The van der Waals surface area contributed by atoms with Gasteiger partial charge in [0.15, 0.2) is 0 Å². The highest BCUT2D eigenvalue weighted by Crippen LogP contribution is 2.21. The normalized spacial score (nSPS) is 12.2. The Morgan fingerprint density at radius 2 is 2.05 bits per heavy atom. The molecule has 20 heavy (non-hydrogen) atoms. The van der Waals surface area contributed by atoms with Crippen molar-refractivity contribution in [3.63, 3.8) is 0 Å². The Kier molecular flexibility index (Phi) is 6.67. The number of hydrogen-bond donors (Lipinski definition) is 2. The summed E-state index contributed by atoms with van der Waals surface area (Å²) >= 11 is 3.36. The summed E-state index contributed by atoms with van der Waals surface area (Å²) in [5, 5.41) is 11.7. The van der Waals surface area contributed by atoms with Gasteiger partial charge in [-0.2, -0.15) is 0 Å². The number of carboxylic acid groups (broad SMARTS) is 1. The largest absolute Gasteiger partial charge is 0.481 e. The molecule has 0 fully saturated rings. The second-order valence-electron chi connectivity index (χ2n) is 4.60. The summed E-state index contributed by atoms with van der Waals surface area (Å²) in [5.74, 6) is -1.50. The molecular formula is C14H19BrN2O3. The predicted octanol–water partition coefficient (Wildman–Crippen LogP) is 2.43. The van der Waals surface area contributed by atoms with Crippen molar-refractivity contribution in [3.05, 3.63) is 28.7 Å². The van der Waals surface area contributed by atoms with Crippen molar-refractivity contribution in [2.24, 2.45) is 5.92 Å². The molecule has 1 aromatic rings. The molecule has 0 aliphatic carbocycles. The monoisotopic (exact) mass is 342 g/mol. The third-order valence-electron chi connectivity index (χ3n) is 2.92. The maximum Gasteiger partial charge on any atom is 0.307 e. The van der Waals surface area contributed by atoms with Gasteiger partial charge in [-0.1, -0.05) is 26.0 Å². The molecule has 1 unspecified atom stereocenters. The van der Waals surface area contributed by atoms with Gasteiger partial charge < -0.3 is 10.4 Å². The first kappa shape index (κ1) is 16.7. The first-order valence-electron chi connectivity index (χ1n) is 6.43. The molecule has 0 radical (unpaired) electrons. The number of rotatable bonds is 7. The van der Waals surface area contributed by atoms with E-state index in [2.05, 4.69) is 21.2 Å². The van der Waals surface area contributed by atoms with Crippen LogP contribution < -0.4 is 5.32 Å². The van der Waals surface area contributed by atoms with Gasteiger partial charge in [0.05, 0.1) is 18.2 Å². The van der Waals surface area contributed by atoms with Crippen molar-refractivity contribution in [1.29, 1.82) is 0 Å². The lowest BCUT2D eigenvalue weighted by Crippen LogP contribution is -2.37. The van der Waals surface area contributed by atoms with Crippen LogP contribution in [-0.4, -0.2) is 41.5 Å². The van der Waals surface area contributed by atoms with Crippen molar-refractivity contribution in [2.75, 3.05) is 25.0 Å². The fourth-order valence-electron chi connectivity index (χ4n) is 1.73. The number of hydrogen-bond acceptors (Lipinski definition) is 3. The van der Waals surface area contributed by atoms with Crippen molar-refractivity contribution in [2.45, 2.75) is 13.8 Å². The number of carbonyl (C=O) groups is 2. The molecule has 2 N–H and O–H groups in total. The molecule has 1 atom stereocenters. The average molecular weight is 343 g/mol. The van der Waals surface area contributed by atoms with Crippen LogP contribution in [0.3, 0.4) is 0 Å². The van der Waals surface area contributed by atoms with E-state index in [1.807, 2.05) is 30.0 Å². The van der Waals surface area contributed by atoms with Crippen molar-refractivity contribution in [1.82, 2.24) is 4.90 Å². The molecule has 0 aromatic heterocycles. The summed E-state index contributed by atoms with van der Waals surface area (Å²) in [5.41, 5.74) is 0.708. The summed E-state index contributed by atoms with van der Waals surface area (Å²) in [6.07, 6.45) is 0. The van der Waals surface area contributed by atoms with Crippen molar-refractivity contribution in [3.8, 4) is 0 Å². The number of anilines is 1.